The van der Waals surface area contributed by atoms with E-state index in [1.807, 2.05) is 5.38 Å². The molecular formula is C15H19NOS. The Morgan fingerprint density at radius 1 is 1.06 bits per heavy atom. The normalized spacial score (nSPS) is 11.9. The monoisotopic (exact) mass is 261 g/mol. The highest BCUT2D eigenvalue weighted by Crippen LogP contribution is 2.31. The quantitative estimate of drug-likeness (QED) is 0.887. The Kier molecular flexibility index (Phi) is 3.30. The van der Waals surface area contributed by atoms with Gasteiger partial charge >= 0.3 is 0 Å². The summed E-state index contributed by atoms with van der Waals surface area (Å²) in [6.45, 7) is 9.87. The van der Waals surface area contributed by atoms with Gasteiger partial charge in [0, 0.05) is 10.9 Å². The summed E-state index contributed by atoms with van der Waals surface area (Å²) in [5.74, 6) is 0. The molecule has 96 valence electrons. The van der Waals surface area contributed by atoms with Gasteiger partial charge in [-0.2, -0.15) is 0 Å². The van der Waals surface area contributed by atoms with Crippen LogP contribution in [0.5, 0.6) is 0 Å². The predicted octanol–water partition coefficient (Wildman–Crippen LogP) is 3.96. The number of aliphatic hydroxyl groups is 1. The molecule has 2 rings (SSSR count). The van der Waals surface area contributed by atoms with E-state index in [1.165, 1.54) is 22.3 Å². The fraction of sp³-hybridized carbons (Fsp3) is 0.400. The SMILES string of the molecule is Cc1cc(C)c(-c2nc(C(C)(C)O)cs2)cc1C. The summed E-state index contributed by atoms with van der Waals surface area (Å²) in [5, 5.41) is 12.9. The van der Waals surface area contributed by atoms with Crippen LogP contribution in [0.25, 0.3) is 10.6 Å². The summed E-state index contributed by atoms with van der Waals surface area (Å²) < 4.78 is 0. The summed E-state index contributed by atoms with van der Waals surface area (Å²) in [5.41, 5.74) is 4.84. The van der Waals surface area contributed by atoms with Gasteiger partial charge in [0.25, 0.3) is 0 Å². The van der Waals surface area contributed by atoms with E-state index in [1.54, 1.807) is 25.2 Å². The van der Waals surface area contributed by atoms with Gasteiger partial charge in [0.1, 0.15) is 10.6 Å². The van der Waals surface area contributed by atoms with Crippen molar-refractivity contribution in [2.45, 2.75) is 40.2 Å². The van der Waals surface area contributed by atoms with Gasteiger partial charge in [-0.05, 0) is 57.4 Å². The summed E-state index contributed by atoms with van der Waals surface area (Å²) in [6.07, 6.45) is 0. The number of rotatable bonds is 2. The molecule has 0 spiro atoms. The fourth-order valence-corrected chi connectivity index (χ4v) is 2.93. The van der Waals surface area contributed by atoms with Gasteiger partial charge in [0.05, 0.1) is 5.69 Å². The molecule has 0 amide bonds. The van der Waals surface area contributed by atoms with Gasteiger partial charge in [0.15, 0.2) is 0 Å². The molecule has 18 heavy (non-hydrogen) atoms. The lowest BCUT2D eigenvalue weighted by molar-refractivity contribution is 0.0746. The highest BCUT2D eigenvalue weighted by Gasteiger charge is 2.20. The Labute approximate surface area is 112 Å². The number of aromatic nitrogens is 1. The average molecular weight is 261 g/mol. The molecule has 1 aromatic heterocycles. The van der Waals surface area contributed by atoms with Gasteiger partial charge < -0.3 is 5.11 Å². The number of benzene rings is 1. The molecular weight excluding hydrogens is 242 g/mol. The maximum absolute atomic E-state index is 9.96. The van der Waals surface area contributed by atoms with Crippen LogP contribution in [0.15, 0.2) is 17.5 Å². The zero-order chi connectivity index (χ0) is 13.5. The van der Waals surface area contributed by atoms with Crippen molar-refractivity contribution in [2.24, 2.45) is 0 Å². The van der Waals surface area contributed by atoms with E-state index in [4.69, 9.17) is 0 Å². The van der Waals surface area contributed by atoms with Crippen molar-refractivity contribution in [3.63, 3.8) is 0 Å². The largest absolute Gasteiger partial charge is 0.384 e. The zero-order valence-electron chi connectivity index (χ0n) is 11.5. The van der Waals surface area contributed by atoms with Crippen molar-refractivity contribution in [3.8, 4) is 10.6 Å². The minimum Gasteiger partial charge on any atom is -0.384 e. The van der Waals surface area contributed by atoms with Crippen molar-refractivity contribution >= 4 is 11.3 Å². The first kappa shape index (κ1) is 13.2. The Morgan fingerprint density at radius 2 is 1.67 bits per heavy atom. The molecule has 0 saturated carbocycles. The lowest BCUT2D eigenvalue weighted by Crippen LogP contribution is -2.15. The lowest BCUT2D eigenvalue weighted by Gasteiger charge is -2.13. The smallest absolute Gasteiger partial charge is 0.124 e. The minimum absolute atomic E-state index is 0.736. The van der Waals surface area contributed by atoms with Crippen molar-refractivity contribution in [3.05, 3.63) is 39.9 Å². The first-order valence-corrected chi connectivity index (χ1v) is 6.93. The van der Waals surface area contributed by atoms with Gasteiger partial charge in [-0.1, -0.05) is 6.07 Å². The molecule has 0 saturated heterocycles. The molecule has 0 unspecified atom stereocenters. The number of hydrogen-bond acceptors (Lipinski definition) is 3. The standard InChI is InChI=1S/C15H19NOS/c1-9-6-11(3)12(7-10(9)2)14-16-13(8-18-14)15(4,5)17/h6-8,17H,1-5H3. The summed E-state index contributed by atoms with van der Waals surface area (Å²) in [4.78, 5) is 4.55. The van der Waals surface area contributed by atoms with Crippen LogP contribution in [-0.4, -0.2) is 10.1 Å². The van der Waals surface area contributed by atoms with Gasteiger partial charge in [-0.3, -0.25) is 0 Å². The van der Waals surface area contributed by atoms with E-state index in [2.05, 4.69) is 37.9 Å². The molecule has 0 aliphatic carbocycles. The Balaban J connectivity index is 2.50. The Bertz CT molecular complexity index is 579. The molecule has 2 nitrogen and oxygen atoms in total. The van der Waals surface area contributed by atoms with Crippen molar-refractivity contribution in [1.82, 2.24) is 4.98 Å². The molecule has 1 aromatic carbocycles. The van der Waals surface area contributed by atoms with Crippen molar-refractivity contribution in [2.75, 3.05) is 0 Å². The van der Waals surface area contributed by atoms with Gasteiger partial charge in [-0.15, -0.1) is 11.3 Å². The molecule has 1 heterocycles. The molecule has 0 bridgehead atoms. The minimum atomic E-state index is -0.873. The second-order valence-corrected chi connectivity index (χ2v) is 6.21. The van der Waals surface area contributed by atoms with Gasteiger partial charge in [-0.25, -0.2) is 4.98 Å². The predicted molar refractivity (Wildman–Crippen MR) is 77.0 cm³/mol. The average Bonchev–Trinajstić information content (AvgIpc) is 2.72. The van der Waals surface area contributed by atoms with E-state index in [-0.39, 0.29) is 0 Å². The van der Waals surface area contributed by atoms with Crippen LogP contribution in [0, 0.1) is 20.8 Å². The van der Waals surface area contributed by atoms with Crippen molar-refractivity contribution < 1.29 is 5.11 Å². The topological polar surface area (TPSA) is 33.1 Å². The third-order valence-corrected chi connectivity index (χ3v) is 4.08. The molecule has 2 aromatic rings. The second-order valence-electron chi connectivity index (χ2n) is 5.35. The number of thiazole rings is 1. The third kappa shape index (κ3) is 2.47. The van der Waals surface area contributed by atoms with Crippen LogP contribution < -0.4 is 0 Å². The van der Waals surface area contributed by atoms with E-state index in [0.717, 1.165) is 10.7 Å². The fourth-order valence-electron chi connectivity index (χ4n) is 1.87. The number of aryl methyl sites for hydroxylation is 3. The second kappa shape index (κ2) is 4.48. The van der Waals surface area contributed by atoms with Crippen LogP contribution in [0.3, 0.4) is 0 Å². The summed E-state index contributed by atoms with van der Waals surface area (Å²) in [7, 11) is 0. The van der Waals surface area contributed by atoms with Crippen LogP contribution in [0.4, 0.5) is 0 Å². The van der Waals surface area contributed by atoms with Crippen LogP contribution in [0.2, 0.25) is 0 Å². The zero-order valence-corrected chi connectivity index (χ0v) is 12.4. The van der Waals surface area contributed by atoms with E-state index < -0.39 is 5.60 Å². The summed E-state index contributed by atoms with van der Waals surface area (Å²) >= 11 is 1.59. The maximum Gasteiger partial charge on any atom is 0.124 e. The van der Waals surface area contributed by atoms with Gasteiger partial charge in [0.2, 0.25) is 0 Å². The number of hydrogen-bond donors (Lipinski definition) is 1. The Hall–Kier alpha value is -1.19. The molecule has 0 fully saturated rings. The molecule has 0 radical (unpaired) electrons. The molecule has 0 atom stereocenters. The first-order valence-electron chi connectivity index (χ1n) is 6.05. The van der Waals surface area contributed by atoms with Crippen LogP contribution >= 0.6 is 11.3 Å². The first-order chi connectivity index (χ1) is 8.29. The maximum atomic E-state index is 9.96. The molecule has 0 aliphatic heterocycles. The molecule has 3 heteroatoms. The third-order valence-electron chi connectivity index (χ3n) is 3.20. The highest BCUT2D eigenvalue weighted by molar-refractivity contribution is 7.13. The van der Waals surface area contributed by atoms with E-state index >= 15 is 0 Å². The van der Waals surface area contributed by atoms with Crippen molar-refractivity contribution in [1.29, 1.82) is 0 Å². The number of nitrogens with zero attached hydrogens (tertiary/aromatic N) is 1. The highest BCUT2D eigenvalue weighted by atomic mass is 32.1. The Morgan fingerprint density at radius 3 is 2.22 bits per heavy atom. The van der Waals surface area contributed by atoms with E-state index in [0.29, 0.717) is 0 Å². The molecule has 0 aliphatic rings. The lowest BCUT2D eigenvalue weighted by atomic mass is 10.0. The molecule has 1 N–H and O–H groups in total. The van der Waals surface area contributed by atoms with Crippen LogP contribution in [0.1, 0.15) is 36.2 Å². The van der Waals surface area contributed by atoms with Crippen LogP contribution in [-0.2, 0) is 5.60 Å². The summed E-state index contributed by atoms with van der Waals surface area (Å²) in [6, 6.07) is 4.37. The van der Waals surface area contributed by atoms with E-state index in [9.17, 15) is 5.11 Å².